The molecular formula is C23H23F6N4O8P. The standard InChI is InChI=1S/C23H23F6N4O8P/c1-21(36)16(34)15(40-19(21)33-4-2-13-17(33)31-20(30)32-18(13)35)9-39-42(37)38-5-3-14(41-42)10-6-11(22(24,25)26)8-12(7-10)23(27,28)29/h2,4,6-8,14-16,19,34,36H,3,5,9H2,1H3,(H3,30,31,32,35)/t14-,15+,16+,19+,21+,42+/m0/s1. The van der Waals surface area contributed by atoms with E-state index in [4.69, 9.17) is 24.0 Å². The van der Waals surface area contributed by atoms with Gasteiger partial charge in [0.25, 0.3) is 5.56 Å². The summed E-state index contributed by atoms with van der Waals surface area (Å²) in [6.45, 7) is 0.0524. The molecule has 2 aliphatic heterocycles. The third kappa shape index (κ3) is 5.67. The molecule has 19 heteroatoms. The van der Waals surface area contributed by atoms with Crippen molar-refractivity contribution < 1.29 is 59.4 Å². The van der Waals surface area contributed by atoms with Gasteiger partial charge in [-0.25, -0.2) is 4.57 Å². The summed E-state index contributed by atoms with van der Waals surface area (Å²) in [6.07, 6.45) is -15.1. The first-order valence-corrected chi connectivity index (χ1v) is 13.6. The van der Waals surface area contributed by atoms with Gasteiger partial charge in [0, 0.05) is 12.6 Å². The number of aliphatic hydroxyl groups excluding tert-OH is 1. The van der Waals surface area contributed by atoms with Gasteiger partial charge in [-0.15, -0.1) is 0 Å². The molecule has 0 radical (unpaired) electrons. The number of nitrogens with zero attached hydrogens (tertiary/aromatic N) is 2. The van der Waals surface area contributed by atoms with E-state index in [2.05, 4.69) is 9.97 Å². The maximum absolute atomic E-state index is 13.3. The van der Waals surface area contributed by atoms with Crippen molar-refractivity contribution in [3.8, 4) is 0 Å². The summed E-state index contributed by atoms with van der Waals surface area (Å²) in [5.74, 6) is -0.229. The van der Waals surface area contributed by atoms with Gasteiger partial charge in [-0.2, -0.15) is 31.3 Å². The number of hydrogen-bond acceptors (Lipinski definition) is 10. The molecule has 5 N–H and O–H groups in total. The van der Waals surface area contributed by atoms with E-state index in [-0.39, 0.29) is 29.5 Å². The SMILES string of the molecule is C[C@@]1(O)[C@H](O)[C@@H](CO[P@@]2(=O)OCC[C@@H](c3cc(C(F)(F)F)cc(C(F)(F)F)c3)O2)O[C@H]1n1ccc2c(=O)[nH]c(N)nc21. The van der Waals surface area contributed by atoms with E-state index in [0.717, 1.165) is 0 Å². The van der Waals surface area contributed by atoms with Crippen LogP contribution in [0.1, 0.15) is 42.4 Å². The van der Waals surface area contributed by atoms with Crippen molar-refractivity contribution in [2.75, 3.05) is 18.9 Å². The lowest BCUT2D eigenvalue weighted by Gasteiger charge is -2.30. The predicted molar refractivity (Wildman–Crippen MR) is 130 cm³/mol. The number of nitrogens with two attached hydrogens (primary N) is 1. The van der Waals surface area contributed by atoms with Crippen LogP contribution in [-0.4, -0.2) is 55.8 Å². The summed E-state index contributed by atoms with van der Waals surface area (Å²) in [7, 11) is -4.62. The molecule has 2 aliphatic rings. The summed E-state index contributed by atoms with van der Waals surface area (Å²) >= 11 is 0. The Bertz CT molecular complexity index is 1570. The van der Waals surface area contributed by atoms with Crippen LogP contribution in [0.25, 0.3) is 11.0 Å². The summed E-state index contributed by atoms with van der Waals surface area (Å²) in [5, 5.41) is 21.9. The molecule has 1 aromatic carbocycles. The molecule has 2 aromatic heterocycles. The molecule has 0 bridgehead atoms. The Kier molecular flexibility index (Phi) is 7.49. The lowest BCUT2D eigenvalue weighted by molar-refractivity contribution is -0.143. The predicted octanol–water partition coefficient (Wildman–Crippen LogP) is 3.66. The van der Waals surface area contributed by atoms with E-state index in [0.29, 0.717) is 12.1 Å². The number of hydrogen-bond donors (Lipinski definition) is 4. The van der Waals surface area contributed by atoms with Gasteiger partial charge in [-0.1, -0.05) is 0 Å². The number of aromatic nitrogens is 3. The minimum atomic E-state index is -5.11. The number of phosphoric acid groups is 1. The average Bonchev–Trinajstić information content (AvgIpc) is 3.39. The molecule has 5 rings (SSSR count). The van der Waals surface area contributed by atoms with E-state index in [9.17, 15) is 45.9 Å². The lowest BCUT2D eigenvalue weighted by Crippen LogP contribution is -2.44. The highest BCUT2D eigenvalue weighted by molar-refractivity contribution is 7.48. The number of phosphoric ester groups is 1. The number of ether oxygens (including phenoxy) is 1. The highest BCUT2D eigenvalue weighted by atomic mass is 31.2. The van der Waals surface area contributed by atoms with Crippen molar-refractivity contribution in [3.05, 3.63) is 57.5 Å². The van der Waals surface area contributed by atoms with Crippen molar-refractivity contribution in [2.24, 2.45) is 0 Å². The highest BCUT2D eigenvalue weighted by Crippen LogP contribution is 2.58. The number of nitrogen functional groups attached to an aromatic ring is 1. The lowest BCUT2D eigenvalue weighted by atomic mass is 9.96. The van der Waals surface area contributed by atoms with Crippen LogP contribution >= 0.6 is 7.82 Å². The number of alkyl halides is 6. The fourth-order valence-electron chi connectivity index (χ4n) is 4.76. The number of anilines is 1. The molecule has 0 saturated carbocycles. The third-order valence-corrected chi connectivity index (χ3v) is 8.35. The van der Waals surface area contributed by atoms with Crippen molar-refractivity contribution in [2.45, 2.75) is 55.8 Å². The van der Waals surface area contributed by atoms with Gasteiger partial charge in [-0.3, -0.25) is 23.3 Å². The number of halogens is 6. The Hall–Kier alpha value is -2.99. The monoisotopic (exact) mass is 628 g/mol. The van der Waals surface area contributed by atoms with E-state index in [1.807, 2.05) is 0 Å². The smallest absolute Gasteiger partial charge is 0.387 e. The van der Waals surface area contributed by atoms with Crippen molar-refractivity contribution in [3.63, 3.8) is 0 Å². The highest BCUT2D eigenvalue weighted by Gasteiger charge is 2.54. The summed E-state index contributed by atoms with van der Waals surface area (Å²) in [6, 6.07) is 2.23. The molecule has 6 atom stereocenters. The summed E-state index contributed by atoms with van der Waals surface area (Å²) < 4.78 is 116. The maximum Gasteiger partial charge on any atom is 0.475 e. The fourth-order valence-corrected chi connectivity index (χ4v) is 6.16. The molecule has 2 saturated heterocycles. The first-order valence-electron chi connectivity index (χ1n) is 12.2. The number of aliphatic hydroxyl groups is 2. The largest absolute Gasteiger partial charge is 0.475 e. The van der Waals surface area contributed by atoms with E-state index in [1.54, 1.807) is 0 Å². The first-order chi connectivity index (χ1) is 19.4. The number of H-pyrrole nitrogens is 1. The van der Waals surface area contributed by atoms with Crippen LogP contribution in [0.3, 0.4) is 0 Å². The molecule has 3 aromatic rings. The molecule has 42 heavy (non-hydrogen) atoms. The van der Waals surface area contributed by atoms with Gasteiger partial charge in [0.15, 0.2) is 11.9 Å². The second-order valence-electron chi connectivity index (χ2n) is 9.91. The zero-order valence-electron chi connectivity index (χ0n) is 21.3. The molecule has 12 nitrogen and oxygen atoms in total. The molecule has 0 spiro atoms. The normalized spacial score (nSPS) is 30.7. The molecule has 4 heterocycles. The zero-order valence-corrected chi connectivity index (χ0v) is 22.2. The number of fused-ring (bicyclic) bond motifs is 1. The second kappa shape index (κ2) is 10.3. The number of rotatable bonds is 5. The number of nitrogens with one attached hydrogen (secondary N) is 1. The summed E-state index contributed by atoms with van der Waals surface area (Å²) in [4.78, 5) is 18.5. The van der Waals surface area contributed by atoms with Crippen molar-refractivity contribution in [1.29, 1.82) is 0 Å². The Labute approximate surface area is 231 Å². The summed E-state index contributed by atoms with van der Waals surface area (Å²) in [5.41, 5.74) is -0.687. The zero-order chi connectivity index (χ0) is 30.8. The van der Waals surface area contributed by atoms with Gasteiger partial charge in [0.05, 0.1) is 35.8 Å². The molecule has 0 aliphatic carbocycles. The fraction of sp³-hybridized carbons (Fsp3) is 0.478. The second-order valence-corrected chi connectivity index (χ2v) is 11.5. The van der Waals surface area contributed by atoms with Gasteiger partial charge >= 0.3 is 20.2 Å². The molecule has 0 unspecified atom stereocenters. The Morgan fingerprint density at radius 2 is 1.86 bits per heavy atom. The molecule has 230 valence electrons. The van der Waals surface area contributed by atoms with Crippen LogP contribution in [0, 0.1) is 0 Å². The Balaban J connectivity index is 1.35. The van der Waals surface area contributed by atoms with E-state index in [1.165, 1.54) is 23.8 Å². The quantitative estimate of drug-likeness (QED) is 0.242. The topological polar surface area (TPSA) is 171 Å². The van der Waals surface area contributed by atoms with Crippen LogP contribution in [-0.2, 0) is 35.2 Å². The third-order valence-electron chi connectivity index (χ3n) is 6.87. The number of aromatic amines is 1. The molecule has 2 fully saturated rings. The van der Waals surface area contributed by atoms with E-state index >= 15 is 0 Å². The van der Waals surface area contributed by atoms with Gasteiger partial charge in [0.1, 0.15) is 17.8 Å². The van der Waals surface area contributed by atoms with Gasteiger partial charge in [-0.05, 0) is 36.8 Å². The van der Waals surface area contributed by atoms with Crippen LogP contribution in [0.5, 0.6) is 0 Å². The van der Waals surface area contributed by atoms with E-state index < -0.39 is 85.8 Å². The van der Waals surface area contributed by atoms with Crippen LogP contribution < -0.4 is 11.3 Å². The molecular weight excluding hydrogens is 605 g/mol. The number of benzene rings is 1. The Morgan fingerprint density at radius 1 is 1.21 bits per heavy atom. The molecule has 0 amide bonds. The van der Waals surface area contributed by atoms with Crippen molar-refractivity contribution in [1.82, 2.24) is 14.5 Å². The van der Waals surface area contributed by atoms with Crippen LogP contribution in [0.2, 0.25) is 0 Å². The van der Waals surface area contributed by atoms with Gasteiger partial charge < -0.3 is 25.3 Å². The first kappa shape index (κ1) is 30.5. The minimum absolute atomic E-state index is 0.0178. The average molecular weight is 628 g/mol. The maximum atomic E-state index is 13.3. The van der Waals surface area contributed by atoms with Crippen LogP contribution in [0.4, 0.5) is 32.3 Å². The van der Waals surface area contributed by atoms with Gasteiger partial charge in [0.2, 0.25) is 5.95 Å². The minimum Gasteiger partial charge on any atom is -0.387 e. The van der Waals surface area contributed by atoms with Crippen LogP contribution in [0.15, 0.2) is 35.3 Å². The Morgan fingerprint density at radius 3 is 2.48 bits per heavy atom. The van der Waals surface area contributed by atoms with Crippen molar-refractivity contribution >= 4 is 24.8 Å².